The van der Waals surface area contributed by atoms with Crippen LogP contribution in [0.5, 0.6) is 0 Å². The van der Waals surface area contributed by atoms with Crippen molar-refractivity contribution in [2.75, 3.05) is 12.8 Å². The molecule has 0 unspecified atom stereocenters. The summed E-state index contributed by atoms with van der Waals surface area (Å²) in [5.41, 5.74) is 0. The van der Waals surface area contributed by atoms with Gasteiger partial charge in [0.1, 0.15) is 17.3 Å². The third-order valence-corrected chi connectivity index (χ3v) is 3.20. The normalized spacial score (nSPS) is 10.6. The molecule has 2 heterocycles. The summed E-state index contributed by atoms with van der Waals surface area (Å²) in [5.74, 6) is 3.53. The molecule has 2 aromatic heterocycles. The molecule has 0 aliphatic carbocycles. The van der Waals surface area contributed by atoms with Crippen LogP contribution in [0.4, 0.5) is 0 Å². The number of amides is 1. The van der Waals surface area contributed by atoms with Crippen molar-refractivity contribution in [1.29, 1.82) is 0 Å². The highest BCUT2D eigenvalue weighted by atomic mass is 32.2. The fraction of sp³-hybridized carbons (Fsp3) is 0.357. The molecule has 0 aliphatic rings. The van der Waals surface area contributed by atoms with Gasteiger partial charge in [-0.05, 0) is 37.4 Å². The molecule has 0 bridgehead atoms. The highest BCUT2D eigenvalue weighted by Gasteiger charge is 2.10. The molecule has 0 aliphatic heterocycles. The predicted octanol–water partition coefficient (Wildman–Crippen LogP) is 3.02. The van der Waals surface area contributed by atoms with Gasteiger partial charge in [0, 0.05) is 13.0 Å². The summed E-state index contributed by atoms with van der Waals surface area (Å²) in [7, 11) is 0. The van der Waals surface area contributed by atoms with Gasteiger partial charge in [0.25, 0.3) is 5.91 Å². The molecule has 0 saturated heterocycles. The van der Waals surface area contributed by atoms with E-state index >= 15 is 0 Å². The van der Waals surface area contributed by atoms with Gasteiger partial charge in [0.2, 0.25) is 0 Å². The van der Waals surface area contributed by atoms with Crippen LogP contribution in [0.25, 0.3) is 0 Å². The van der Waals surface area contributed by atoms with Gasteiger partial charge in [-0.25, -0.2) is 0 Å². The summed E-state index contributed by atoms with van der Waals surface area (Å²) < 4.78 is 10.9. The van der Waals surface area contributed by atoms with Crippen molar-refractivity contribution in [3.8, 4) is 0 Å². The van der Waals surface area contributed by atoms with E-state index in [0.717, 1.165) is 23.0 Å². The molecule has 0 radical (unpaired) electrons. The van der Waals surface area contributed by atoms with E-state index in [4.69, 9.17) is 8.83 Å². The number of rotatable bonds is 6. The van der Waals surface area contributed by atoms with E-state index in [1.54, 1.807) is 17.8 Å². The molecule has 4 nitrogen and oxygen atoms in total. The lowest BCUT2D eigenvalue weighted by Crippen LogP contribution is -2.25. The van der Waals surface area contributed by atoms with Crippen molar-refractivity contribution < 1.29 is 13.6 Å². The number of hydrogen-bond acceptors (Lipinski definition) is 4. The van der Waals surface area contributed by atoms with Crippen LogP contribution in [0.3, 0.4) is 0 Å². The molecule has 1 amide bonds. The zero-order chi connectivity index (χ0) is 13.7. The van der Waals surface area contributed by atoms with Gasteiger partial charge in [-0.15, -0.1) is 0 Å². The molecular formula is C14H17NO3S. The third-order valence-electron chi connectivity index (χ3n) is 2.63. The zero-order valence-electron chi connectivity index (χ0n) is 11.1. The summed E-state index contributed by atoms with van der Waals surface area (Å²) in [6, 6.07) is 7.38. The summed E-state index contributed by atoms with van der Waals surface area (Å²) >= 11 is 1.66. The first-order valence-electron chi connectivity index (χ1n) is 6.10. The Hall–Kier alpha value is -1.62. The Morgan fingerprint density at radius 1 is 1.21 bits per heavy atom. The molecule has 1 N–H and O–H groups in total. The first kappa shape index (κ1) is 13.8. The molecule has 2 aromatic rings. The van der Waals surface area contributed by atoms with Gasteiger partial charge >= 0.3 is 0 Å². The van der Waals surface area contributed by atoms with Crippen LogP contribution >= 0.6 is 11.8 Å². The van der Waals surface area contributed by atoms with Crippen molar-refractivity contribution in [1.82, 2.24) is 5.32 Å². The van der Waals surface area contributed by atoms with Crippen molar-refractivity contribution in [2.24, 2.45) is 0 Å². The fourth-order valence-electron chi connectivity index (χ4n) is 1.73. The summed E-state index contributed by atoms with van der Waals surface area (Å²) in [4.78, 5) is 11.8. The number of aryl methyl sites for hydroxylation is 1. The number of furan rings is 2. The minimum absolute atomic E-state index is 0.185. The summed E-state index contributed by atoms with van der Waals surface area (Å²) in [6.45, 7) is 2.43. The Morgan fingerprint density at radius 2 is 2.00 bits per heavy atom. The Labute approximate surface area is 116 Å². The van der Waals surface area contributed by atoms with Gasteiger partial charge in [0.15, 0.2) is 5.76 Å². The SMILES string of the molecule is CSCc1ccc(C(=O)NCCc2ccc(C)o2)o1. The monoisotopic (exact) mass is 279 g/mol. The highest BCUT2D eigenvalue weighted by molar-refractivity contribution is 7.97. The van der Waals surface area contributed by atoms with Crippen molar-refractivity contribution in [3.63, 3.8) is 0 Å². The van der Waals surface area contributed by atoms with Crippen LogP contribution < -0.4 is 5.32 Å². The minimum atomic E-state index is -0.185. The van der Waals surface area contributed by atoms with E-state index < -0.39 is 0 Å². The second kappa shape index (κ2) is 6.52. The Balaban J connectivity index is 1.80. The van der Waals surface area contributed by atoms with E-state index in [-0.39, 0.29) is 5.91 Å². The largest absolute Gasteiger partial charge is 0.466 e. The van der Waals surface area contributed by atoms with Crippen LogP contribution in [0, 0.1) is 6.92 Å². The second-order valence-corrected chi connectivity index (χ2v) is 5.08. The summed E-state index contributed by atoms with van der Waals surface area (Å²) in [5, 5.41) is 2.81. The average Bonchev–Trinajstić information content (AvgIpc) is 2.99. The van der Waals surface area contributed by atoms with Crippen molar-refractivity contribution >= 4 is 17.7 Å². The lowest BCUT2D eigenvalue weighted by molar-refractivity contribution is 0.0924. The van der Waals surface area contributed by atoms with E-state index in [1.807, 2.05) is 31.4 Å². The van der Waals surface area contributed by atoms with E-state index in [1.165, 1.54) is 0 Å². The molecule has 0 atom stereocenters. The predicted molar refractivity (Wildman–Crippen MR) is 75.4 cm³/mol. The molecule has 0 fully saturated rings. The van der Waals surface area contributed by atoms with Crippen molar-refractivity contribution in [2.45, 2.75) is 19.1 Å². The van der Waals surface area contributed by atoms with Gasteiger partial charge in [-0.3, -0.25) is 4.79 Å². The lowest BCUT2D eigenvalue weighted by atomic mass is 10.3. The standard InChI is InChI=1S/C14H17NO3S/c1-10-3-4-11(17-10)7-8-15-14(16)13-6-5-12(18-13)9-19-2/h3-6H,7-9H2,1-2H3,(H,15,16). The molecule has 102 valence electrons. The minimum Gasteiger partial charge on any atom is -0.466 e. The summed E-state index contributed by atoms with van der Waals surface area (Å²) in [6.07, 6.45) is 2.67. The van der Waals surface area contributed by atoms with Crippen LogP contribution in [0.1, 0.15) is 27.8 Å². The highest BCUT2D eigenvalue weighted by Crippen LogP contribution is 2.13. The molecule has 0 spiro atoms. The quantitative estimate of drug-likeness (QED) is 0.883. The topological polar surface area (TPSA) is 55.4 Å². The van der Waals surface area contributed by atoms with Gasteiger partial charge in [-0.1, -0.05) is 0 Å². The number of carbonyl (C=O) groups is 1. The molecule has 19 heavy (non-hydrogen) atoms. The van der Waals surface area contributed by atoms with E-state index in [9.17, 15) is 4.79 Å². The zero-order valence-corrected chi connectivity index (χ0v) is 11.9. The average molecular weight is 279 g/mol. The first-order chi connectivity index (χ1) is 9.19. The molecule has 5 heteroatoms. The number of hydrogen-bond donors (Lipinski definition) is 1. The van der Waals surface area contributed by atoms with Gasteiger partial charge in [0.05, 0.1) is 5.75 Å². The second-order valence-electron chi connectivity index (χ2n) is 4.22. The third kappa shape index (κ3) is 3.92. The molecule has 2 rings (SSSR count). The maximum absolute atomic E-state index is 11.8. The number of thioether (sulfide) groups is 1. The Bertz CT molecular complexity index is 544. The number of carbonyl (C=O) groups excluding carboxylic acids is 1. The molecule has 0 aromatic carbocycles. The molecular weight excluding hydrogens is 262 g/mol. The van der Waals surface area contributed by atoms with Crippen LogP contribution in [0.15, 0.2) is 33.1 Å². The smallest absolute Gasteiger partial charge is 0.287 e. The fourth-order valence-corrected chi connectivity index (χ4v) is 2.17. The van der Waals surface area contributed by atoms with Crippen LogP contribution in [0.2, 0.25) is 0 Å². The van der Waals surface area contributed by atoms with Crippen molar-refractivity contribution in [3.05, 3.63) is 47.3 Å². The number of nitrogens with one attached hydrogen (secondary N) is 1. The Morgan fingerprint density at radius 3 is 2.68 bits per heavy atom. The maximum atomic E-state index is 11.8. The first-order valence-corrected chi connectivity index (χ1v) is 7.49. The Kier molecular flexibility index (Phi) is 4.74. The van der Waals surface area contributed by atoms with E-state index in [2.05, 4.69) is 5.32 Å². The van der Waals surface area contributed by atoms with Gasteiger partial charge < -0.3 is 14.2 Å². The lowest BCUT2D eigenvalue weighted by Gasteiger charge is -2.01. The van der Waals surface area contributed by atoms with E-state index in [0.29, 0.717) is 18.7 Å². The maximum Gasteiger partial charge on any atom is 0.287 e. The van der Waals surface area contributed by atoms with Crippen LogP contribution in [-0.4, -0.2) is 18.7 Å². The molecule has 0 saturated carbocycles. The van der Waals surface area contributed by atoms with Crippen LogP contribution in [-0.2, 0) is 12.2 Å². The van der Waals surface area contributed by atoms with Gasteiger partial charge in [-0.2, -0.15) is 11.8 Å².